The SMILES string of the molecule is CCCOCCC(=O)N(C)CCC1CCCCN1. The van der Waals surface area contributed by atoms with Gasteiger partial charge in [0.2, 0.25) is 5.91 Å². The van der Waals surface area contributed by atoms with Crippen molar-refractivity contribution in [2.45, 2.75) is 51.5 Å². The number of hydrogen-bond acceptors (Lipinski definition) is 3. The molecule has 0 saturated carbocycles. The lowest BCUT2D eigenvalue weighted by molar-refractivity contribution is -0.131. The molecule has 18 heavy (non-hydrogen) atoms. The third kappa shape index (κ3) is 6.36. The summed E-state index contributed by atoms with van der Waals surface area (Å²) in [4.78, 5) is 13.6. The summed E-state index contributed by atoms with van der Waals surface area (Å²) in [6, 6.07) is 0.602. The third-order valence-corrected chi connectivity index (χ3v) is 3.46. The molecule has 0 aromatic heterocycles. The summed E-state index contributed by atoms with van der Waals surface area (Å²) in [6.45, 7) is 5.37. The molecule has 1 saturated heterocycles. The number of nitrogens with one attached hydrogen (secondary N) is 1. The van der Waals surface area contributed by atoms with Gasteiger partial charge in [-0.15, -0.1) is 0 Å². The topological polar surface area (TPSA) is 41.6 Å². The van der Waals surface area contributed by atoms with Gasteiger partial charge in [0.25, 0.3) is 0 Å². The molecular weight excluding hydrogens is 228 g/mol. The van der Waals surface area contributed by atoms with Crippen LogP contribution in [0.4, 0.5) is 0 Å². The van der Waals surface area contributed by atoms with Gasteiger partial charge >= 0.3 is 0 Å². The molecule has 0 bridgehead atoms. The monoisotopic (exact) mass is 256 g/mol. The van der Waals surface area contributed by atoms with E-state index in [1.54, 1.807) is 0 Å². The number of rotatable bonds is 8. The van der Waals surface area contributed by atoms with E-state index < -0.39 is 0 Å². The van der Waals surface area contributed by atoms with E-state index in [1.165, 1.54) is 19.3 Å². The van der Waals surface area contributed by atoms with Gasteiger partial charge in [-0.1, -0.05) is 13.3 Å². The van der Waals surface area contributed by atoms with Crippen molar-refractivity contribution in [2.24, 2.45) is 0 Å². The van der Waals surface area contributed by atoms with Crippen molar-refractivity contribution in [2.75, 3.05) is 33.4 Å². The first-order chi connectivity index (χ1) is 8.74. The molecule has 1 aliphatic rings. The van der Waals surface area contributed by atoms with Crippen molar-refractivity contribution >= 4 is 5.91 Å². The maximum absolute atomic E-state index is 11.8. The first-order valence-corrected chi connectivity index (χ1v) is 7.29. The average Bonchev–Trinajstić information content (AvgIpc) is 2.42. The zero-order chi connectivity index (χ0) is 13.2. The Hall–Kier alpha value is -0.610. The molecule has 1 unspecified atom stereocenters. The van der Waals surface area contributed by atoms with Gasteiger partial charge < -0.3 is 15.0 Å². The molecule has 0 aromatic rings. The van der Waals surface area contributed by atoms with Crippen LogP contribution in [-0.4, -0.2) is 50.2 Å². The Morgan fingerprint density at radius 3 is 2.89 bits per heavy atom. The fourth-order valence-corrected chi connectivity index (χ4v) is 2.24. The first-order valence-electron chi connectivity index (χ1n) is 7.29. The summed E-state index contributed by atoms with van der Waals surface area (Å²) in [5.74, 6) is 0.196. The van der Waals surface area contributed by atoms with Gasteiger partial charge in [0.05, 0.1) is 13.0 Å². The molecule has 1 amide bonds. The molecule has 1 fully saturated rings. The van der Waals surface area contributed by atoms with Crippen LogP contribution < -0.4 is 5.32 Å². The molecule has 0 radical (unpaired) electrons. The minimum Gasteiger partial charge on any atom is -0.381 e. The molecule has 106 valence electrons. The van der Waals surface area contributed by atoms with Crippen molar-refractivity contribution < 1.29 is 9.53 Å². The molecule has 4 heteroatoms. The van der Waals surface area contributed by atoms with E-state index in [0.717, 1.165) is 32.5 Å². The summed E-state index contributed by atoms with van der Waals surface area (Å²) in [6.07, 6.45) is 6.45. The molecule has 1 atom stereocenters. The summed E-state index contributed by atoms with van der Waals surface area (Å²) in [5, 5.41) is 3.51. The highest BCUT2D eigenvalue weighted by Gasteiger charge is 2.14. The Balaban J connectivity index is 2.07. The molecule has 0 aliphatic carbocycles. The lowest BCUT2D eigenvalue weighted by Gasteiger charge is -2.26. The zero-order valence-electron chi connectivity index (χ0n) is 11.9. The van der Waals surface area contributed by atoms with E-state index in [2.05, 4.69) is 12.2 Å². The molecule has 1 rings (SSSR count). The van der Waals surface area contributed by atoms with Gasteiger partial charge in [-0.25, -0.2) is 0 Å². The largest absolute Gasteiger partial charge is 0.381 e. The van der Waals surface area contributed by atoms with Crippen LogP contribution in [0.2, 0.25) is 0 Å². The second-order valence-electron chi connectivity index (χ2n) is 5.11. The maximum Gasteiger partial charge on any atom is 0.224 e. The molecule has 1 heterocycles. The summed E-state index contributed by atoms with van der Waals surface area (Å²) in [7, 11) is 1.89. The van der Waals surface area contributed by atoms with Gasteiger partial charge in [0.1, 0.15) is 0 Å². The van der Waals surface area contributed by atoms with Crippen LogP contribution in [0.15, 0.2) is 0 Å². The van der Waals surface area contributed by atoms with Gasteiger partial charge in [-0.3, -0.25) is 4.79 Å². The minimum absolute atomic E-state index is 0.196. The Kier molecular flexibility index (Phi) is 8.01. The average molecular weight is 256 g/mol. The summed E-state index contributed by atoms with van der Waals surface area (Å²) < 4.78 is 5.34. The normalized spacial score (nSPS) is 19.8. The number of amides is 1. The van der Waals surface area contributed by atoms with Crippen LogP contribution in [0.1, 0.15) is 45.4 Å². The fourth-order valence-electron chi connectivity index (χ4n) is 2.24. The third-order valence-electron chi connectivity index (χ3n) is 3.46. The molecule has 1 N–H and O–H groups in total. The van der Waals surface area contributed by atoms with E-state index in [1.807, 2.05) is 11.9 Å². The van der Waals surface area contributed by atoms with Gasteiger partial charge in [-0.05, 0) is 32.2 Å². The number of nitrogens with zero attached hydrogens (tertiary/aromatic N) is 1. The first kappa shape index (κ1) is 15.4. The highest BCUT2D eigenvalue weighted by molar-refractivity contribution is 5.75. The van der Waals surface area contributed by atoms with E-state index in [4.69, 9.17) is 4.74 Å². The second kappa shape index (κ2) is 9.34. The van der Waals surface area contributed by atoms with Crippen LogP contribution in [-0.2, 0) is 9.53 Å². The highest BCUT2D eigenvalue weighted by Crippen LogP contribution is 2.10. The Bertz CT molecular complexity index is 228. The molecule has 0 aromatic carbocycles. The van der Waals surface area contributed by atoms with E-state index in [9.17, 15) is 4.79 Å². The van der Waals surface area contributed by atoms with Crippen LogP contribution in [0, 0.1) is 0 Å². The van der Waals surface area contributed by atoms with E-state index in [-0.39, 0.29) is 5.91 Å². The Labute approximate surface area is 111 Å². The molecule has 1 aliphatic heterocycles. The van der Waals surface area contributed by atoms with Crippen molar-refractivity contribution in [3.8, 4) is 0 Å². The predicted octanol–water partition coefficient (Wildman–Crippen LogP) is 1.79. The van der Waals surface area contributed by atoms with Gasteiger partial charge in [0, 0.05) is 26.2 Å². The Morgan fingerprint density at radius 2 is 2.22 bits per heavy atom. The number of carbonyl (C=O) groups excluding carboxylic acids is 1. The van der Waals surface area contributed by atoms with Crippen LogP contribution in [0.5, 0.6) is 0 Å². The Morgan fingerprint density at radius 1 is 1.39 bits per heavy atom. The smallest absolute Gasteiger partial charge is 0.224 e. The number of ether oxygens (including phenoxy) is 1. The van der Waals surface area contributed by atoms with Gasteiger partial charge in [0.15, 0.2) is 0 Å². The number of hydrogen-bond donors (Lipinski definition) is 1. The maximum atomic E-state index is 11.8. The lowest BCUT2D eigenvalue weighted by atomic mass is 10.0. The summed E-state index contributed by atoms with van der Waals surface area (Å²) >= 11 is 0. The fraction of sp³-hybridized carbons (Fsp3) is 0.929. The highest BCUT2D eigenvalue weighted by atomic mass is 16.5. The van der Waals surface area contributed by atoms with Crippen molar-refractivity contribution in [3.05, 3.63) is 0 Å². The van der Waals surface area contributed by atoms with Crippen molar-refractivity contribution in [3.63, 3.8) is 0 Å². The predicted molar refractivity (Wildman–Crippen MR) is 73.6 cm³/mol. The van der Waals surface area contributed by atoms with Crippen LogP contribution in [0.3, 0.4) is 0 Å². The summed E-state index contributed by atoms with van der Waals surface area (Å²) in [5.41, 5.74) is 0. The number of carbonyl (C=O) groups is 1. The van der Waals surface area contributed by atoms with Crippen molar-refractivity contribution in [1.29, 1.82) is 0 Å². The lowest BCUT2D eigenvalue weighted by Crippen LogP contribution is -2.38. The molecule has 4 nitrogen and oxygen atoms in total. The minimum atomic E-state index is 0.196. The molecule has 0 spiro atoms. The standard InChI is InChI=1S/C14H28N2O2/c1-3-11-18-12-8-14(17)16(2)10-7-13-6-4-5-9-15-13/h13,15H,3-12H2,1-2H3. The van der Waals surface area contributed by atoms with Crippen LogP contribution >= 0.6 is 0 Å². The zero-order valence-corrected chi connectivity index (χ0v) is 11.9. The quantitative estimate of drug-likeness (QED) is 0.673. The van der Waals surface area contributed by atoms with Gasteiger partial charge in [-0.2, -0.15) is 0 Å². The molecular formula is C14H28N2O2. The number of piperidine rings is 1. The van der Waals surface area contributed by atoms with Crippen molar-refractivity contribution in [1.82, 2.24) is 10.2 Å². The second-order valence-corrected chi connectivity index (χ2v) is 5.11. The van der Waals surface area contributed by atoms with E-state index in [0.29, 0.717) is 19.1 Å². The van der Waals surface area contributed by atoms with E-state index >= 15 is 0 Å². The van der Waals surface area contributed by atoms with Crippen LogP contribution in [0.25, 0.3) is 0 Å².